The number of rotatable bonds is 6. The molecule has 1 N–H and O–H groups in total. The van der Waals surface area contributed by atoms with Crippen molar-refractivity contribution in [2.24, 2.45) is 0 Å². The van der Waals surface area contributed by atoms with Gasteiger partial charge in [0.05, 0.1) is 10.5 Å². The number of hydrogen-bond acceptors (Lipinski definition) is 5. The van der Waals surface area contributed by atoms with E-state index in [9.17, 15) is 18.5 Å². The van der Waals surface area contributed by atoms with Crippen LogP contribution in [-0.2, 0) is 22.9 Å². The molecule has 0 radical (unpaired) electrons. The molecule has 0 saturated carbocycles. The minimum atomic E-state index is -3.55. The molecule has 0 fully saturated rings. The van der Waals surface area contributed by atoms with Crippen molar-refractivity contribution in [3.63, 3.8) is 0 Å². The van der Waals surface area contributed by atoms with Crippen molar-refractivity contribution >= 4 is 32.3 Å². The summed E-state index contributed by atoms with van der Waals surface area (Å²) in [6, 6.07) is 8.14. The Morgan fingerprint density at radius 2 is 1.82 bits per heavy atom. The summed E-state index contributed by atoms with van der Waals surface area (Å²) in [5.41, 5.74) is 1.98. The first-order chi connectivity index (χ1) is 13.4. The Morgan fingerprint density at radius 3 is 2.43 bits per heavy atom. The van der Waals surface area contributed by atoms with Crippen LogP contribution in [0.3, 0.4) is 0 Å². The largest absolute Gasteiger partial charge is 0.312 e. The highest BCUT2D eigenvalue weighted by molar-refractivity contribution is 7.89. The van der Waals surface area contributed by atoms with Crippen LogP contribution in [0, 0.1) is 11.3 Å². The van der Waals surface area contributed by atoms with Gasteiger partial charge in [0.25, 0.3) is 5.91 Å². The van der Waals surface area contributed by atoms with E-state index in [-0.39, 0.29) is 10.8 Å². The molecule has 2 aromatic rings. The van der Waals surface area contributed by atoms with E-state index in [1.54, 1.807) is 13.8 Å². The molecule has 0 bridgehead atoms. The topological polar surface area (TPSA) is 90.3 Å². The molecule has 6 nitrogen and oxygen atoms in total. The molecule has 1 aliphatic carbocycles. The smallest absolute Gasteiger partial charge is 0.256 e. The predicted molar refractivity (Wildman–Crippen MR) is 110 cm³/mol. The molecule has 8 heteroatoms. The van der Waals surface area contributed by atoms with Crippen molar-refractivity contribution in [3.05, 3.63) is 45.8 Å². The highest BCUT2D eigenvalue weighted by Crippen LogP contribution is 2.37. The molecule has 1 aromatic carbocycles. The summed E-state index contributed by atoms with van der Waals surface area (Å²) in [5, 5.41) is 12.9. The van der Waals surface area contributed by atoms with E-state index < -0.39 is 10.0 Å². The highest BCUT2D eigenvalue weighted by Gasteiger charge is 2.24. The number of sulfonamides is 1. The first-order valence-electron chi connectivity index (χ1n) is 9.38. The van der Waals surface area contributed by atoms with Crippen molar-refractivity contribution in [2.45, 2.75) is 44.4 Å². The van der Waals surface area contributed by atoms with Crippen LogP contribution in [0.2, 0.25) is 0 Å². The number of nitrogens with one attached hydrogen (secondary N) is 1. The third kappa shape index (κ3) is 3.83. The molecular weight excluding hydrogens is 394 g/mol. The lowest BCUT2D eigenvalue weighted by Crippen LogP contribution is -2.30. The number of fused-ring (bicyclic) bond motifs is 1. The maximum atomic E-state index is 12.6. The van der Waals surface area contributed by atoms with Crippen LogP contribution in [0.15, 0.2) is 29.2 Å². The molecule has 0 spiro atoms. The molecule has 148 valence electrons. The maximum Gasteiger partial charge on any atom is 0.256 e. The Labute approximate surface area is 169 Å². The number of anilines is 1. The van der Waals surface area contributed by atoms with E-state index >= 15 is 0 Å². The standard InChI is InChI=1S/C20H23N3O3S2/c1-3-23(4-2)28(25,26)15-11-9-14(10-12-15)19(24)22-20-17(13-21)16-7-5-6-8-18(16)27-20/h9-12H,3-8H2,1-2H3,(H,22,24). The minimum Gasteiger partial charge on any atom is -0.312 e. The van der Waals surface area contributed by atoms with E-state index in [1.165, 1.54) is 44.8 Å². The fourth-order valence-electron chi connectivity index (χ4n) is 3.44. The molecule has 1 heterocycles. The van der Waals surface area contributed by atoms with Crippen LogP contribution in [0.4, 0.5) is 5.00 Å². The van der Waals surface area contributed by atoms with Gasteiger partial charge < -0.3 is 5.32 Å². The minimum absolute atomic E-state index is 0.164. The average molecular weight is 418 g/mol. The van der Waals surface area contributed by atoms with Gasteiger partial charge in [-0.3, -0.25) is 4.79 Å². The zero-order chi connectivity index (χ0) is 20.3. The second-order valence-corrected chi connectivity index (χ2v) is 9.64. The van der Waals surface area contributed by atoms with Gasteiger partial charge in [0.2, 0.25) is 10.0 Å². The summed E-state index contributed by atoms with van der Waals surface area (Å²) < 4.78 is 26.5. The Bertz CT molecular complexity index is 1010. The number of hydrogen-bond donors (Lipinski definition) is 1. The van der Waals surface area contributed by atoms with Crippen LogP contribution in [0.1, 0.15) is 53.1 Å². The Balaban J connectivity index is 1.81. The lowest BCUT2D eigenvalue weighted by atomic mass is 9.96. The van der Waals surface area contributed by atoms with Crippen molar-refractivity contribution in [1.29, 1.82) is 5.26 Å². The van der Waals surface area contributed by atoms with Crippen LogP contribution in [0.5, 0.6) is 0 Å². The van der Waals surface area contributed by atoms with Crippen molar-refractivity contribution < 1.29 is 13.2 Å². The maximum absolute atomic E-state index is 12.6. The summed E-state index contributed by atoms with van der Waals surface area (Å²) in [6.07, 6.45) is 3.99. The van der Waals surface area contributed by atoms with Gasteiger partial charge in [-0.15, -0.1) is 11.3 Å². The quantitative estimate of drug-likeness (QED) is 0.774. The van der Waals surface area contributed by atoms with Crippen molar-refractivity contribution in [2.75, 3.05) is 18.4 Å². The summed E-state index contributed by atoms with van der Waals surface area (Å²) in [7, 11) is -3.55. The van der Waals surface area contributed by atoms with E-state index in [2.05, 4.69) is 11.4 Å². The molecule has 28 heavy (non-hydrogen) atoms. The van der Waals surface area contributed by atoms with Crippen molar-refractivity contribution in [1.82, 2.24) is 4.31 Å². The van der Waals surface area contributed by atoms with E-state index in [1.807, 2.05) is 0 Å². The SMILES string of the molecule is CCN(CC)S(=O)(=O)c1ccc(C(=O)Nc2sc3c(c2C#N)CCCC3)cc1. The van der Waals surface area contributed by atoms with E-state index in [0.29, 0.717) is 29.2 Å². The monoisotopic (exact) mass is 417 g/mol. The fraction of sp³-hybridized carbons (Fsp3) is 0.400. The number of carbonyl (C=O) groups excluding carboxylic acids is 1. The molecule has 0 atom stereocenters. The number of benzene rings is 1. The van der Waals surface area contributed by atoms with Gasteiger partial charge in [0, 0.05) is 23.5 Å². The molecule has 1 amide bonds. The number of aryl methyl sites for hydroxylation is 1. The van der Waals surface area contributed by atoms with Crippen LogP contribution >= 0.6 is 11.3 Å². The second kappa shape index (κ2) is 8.43. The van der Waals surface area contributed by atoms with Gasteiger partial charge in [0.15, 0.2) is 0 Å². The van der Waals surface area contributed by atoms with Crippen LogP contribution in [-0.4, -0.2) is 31.7 Å². The first-order valence-corrected chi connectivity index (χ1v) is 11.6. The van der Waals surface area contributed by atoms with Crippen molar-refractivity contribution in [3.8, 4) is 6.07 Å². The molecule has 0 unspecified atom stereocenters. The third-order valence-electron chi connectivity index (χ3n) is 4.97. The predicted octanol–water partition coefficient (Wildman–Crippen LogP) is 3.78. The normalized spacial score (nSPS) is 13.8. The summed E-state index contributed by atoms with van der Waals surface area (Å²) in [6.45, 7) is 4.36. The van der Waals surface area contributed by atoms with E-state index in [0.717, 1.165) is 31.2 Å². The lowest BCUT2D eigenvalue weighted by molar-refractivity contribution is 0.102. The van der Waals surface area contributed by atoms with Gasteiger partial charge in [-0.25, -0.2) is 8.42 Å². The lowest BCUT2D eigenvalue weighted by Gasteiger charge is -2.18. The molecular formula is C20H23N3O3S2. The average Bonchev–Trinajstić information content (AvgIpc) is 3.05. The zero-order valence-corrected chi connectivity index (χ0v) is 17.6. The highest BCUT2D eigenvalue weighted by atomic mass is 32.2. The molecule has 1 aromatic heterocycles. The van der Waals surface area contributed by atoms with Gasteiger partial charge in [0.1, 0.15) is 11.1 Å². The Morgan fingerprint density at radius 1 is 1.18 bits per heavy atom. The van der Waals surface area contributed by atoms with Gasteiger partial charge >= 0.3 is 0 Å². The second-order valence-electron chi connectivity index (χ2n) is 6.59. The van der Waals surface area contributed by atoms with Gasteiger partial charge in [-0.2, -0.15) is 9.57 Å². The van der Waals surface area contributed by atoms with Gasteiger partial charge in [-0.05, 0) is 55.5 Å². The summed E-state index contributed by atoms with van der Waals surface area (Å²) in [4.78, 5) is 14.0. The van der Waals surface area contributed by atoms with Crippen LogP contribution < -0.4 is 5.32 Å². The van der Waals surface area contributed by atoms with E-state index in [4.69, 9.17) is 0 Å². The third-order valence-corrected chi connectivity index (χ3v) is 8.24. The first kappa shape index (κ1) is 20.5. The van der Waals surface area contributed by atoms with Crippen LogP contribution in [0.25, 0.3) is 0 Å². The Hall–Kier alpha value is -2.21. The zero-order valence-electron chi connectivity index (χ0n) is 16.0. The number of thiophene rings is 1. The summed E-state index contributed by atoms with van der Waals surface area (Å²) >= 11 is 1.47. The molecule has 0 saturated heterocycles. The fourth-order valence-corrected chi connectivity index (χ4v) is 6.13. The molecule has 1 aliphatic rings. The number of amides is 1. The number of carbonyl (C=O) groups is 1. The Kier molecular flexibility index (Phi) is 6.18. The van der Waals surface area contributed by atoms with Gasteiger partial charge in [-0.1, -0.05) is 13.8 Å². The summed E-state index contributed by atoms with van der Waals surface area (Å²) in [5.74, 6) is -0.345. The number of nitrogens with zero attached hydrogens (tertiary/aromatic N) is 2. The molecule has 0 aliphatic heterocycles. The number of nitriles is 1. The molecule has 3 rings (SSSR count).